The predicted molar refractivity (Wildman–Crippen MR) is 84.6 cm³/mol. The molecule has 3 N–H and O–H groups in total. The number of carboxylic acid groups (broad SMARTS) is 1. The van der Waals surface area contributed by atoms with E-state index in [1.165, 1.54) is 11.6 Å². The maximum atomic E-state index is 11.1. The summed E-state index contributed by atoms with van der Waals surface area (Å²) >= 11 is 0. The van der Waals surface area contributed by atoms with E-state index in [-0.39, 0.29) is 23.7 Å². The van der Waals surface area contributed by atoms with E-state index in [0.29, 0.717) is 0 Å². The van der Waals surface area contributed by atoms with Crippen molar-refractivity contribution in [2.75, 3.05) is 6.61 Å². The number of phenols is 2. The maximum Gasteiger partial charge on any atom is 0.343 e. The number of phenolic OH excluding ortho intramolecular Hbond substituents is 1. The van der Waals surface area contributed by atoms with Gasteiger partial charge in [0.1, 0.15) is 29.4 Å². The minimum Gasteiger partial charge on any atom is -0.508 e. The second-order valence-electron chi connectivity index (χ2n) is 5.32. The number of carbonyl (C=O) groups is 1. The van der Waals surface area contributed by atoms with E-state index in [1.54, 1.807) is 0 Å². The Morgan fingerprint density at radius 3 is 2.45 bits per heavy atom. The van der Waals surface area contributed by atoms with Crippen LogP contribution >= 0.6 is 0 Å². The molecule has 0 spiro atoms. The standard InChI is InChI=1S/C17H22O5/c1-11(2)5-4-6-12(3)7-8-22-15-10-13(18)9-14(19)16(15)17(20)21/h5,7,9-10,18-19H,4,6,8H2,1-3H3,(H,20,21)/b12-7+. The van der Waals surface area contributed by atoms with Crippen LogP contribution < -0.4 is 4.74 Å². The molecule has 0 aliphatic heterocycles. The third-order valence-corrected chi connectivity index (χ3v) is 3.04. The quantitative estimate of drug-likeness (QED) is 0.666. The van der Waals surface area contributed by atoms with Gasteiger partial charge < -0.3 is 20.1 Å². The fourth-order valence-corrected chi connectivity index (χ4v) is 1.88. The number of ether oxygens (including phenoxy) is 1. The summed E-state index contributed by atoms with van der Waals surface area (Å²) in [5.41, 5.74) is 2.04. The topological polar surface area (TPSA) is 87.0 Å². The average Bonchev–Trinajstić information content (AvgIpc) is 2.36. The average molecular weight is 306 g/mol. The highest BCUT2D eigenvalue weighted by atomic mass is 16.5. The minimum absolute atomic E-state index is 0.0571. The van der Waals surface area contributed by atoms with Gasteiger partial charge in [-0.1, -0.05) is 17.2 Å². The fraction of sp³-hybridized carbons (Fsp3) is 0.353. The molecule has 5 nitrogen and oxygen atoms in total. The maximum absolute atomic E-state index is 11.1. The van der Waals surface area contributed by atoms with Gasteiger partial charge in [0.05, 0.1) is 0 Å². The van der Waals surface area contributed by atoms with Crippen LogP contribution in [0.15, 0.2) is 35.4 Å². The zero-order valence-corrected chi connectivity index (χ0v) is 13.1. The molecule has 1 aromatic carbocycles. The second-order valence-corrected chi connectivity index (χ2v) is 5.32. The molecule has 5 heteroatoms. The Morgan fingerprint density at radius 1 is 1.18 bits per heavy atom. The van der Waals surface area contributed by atoms with Gasteiger partial charge >= 0.3 is 5.97 Å². The Bertz CT molecular complexity index is 595. The Morgan fingerprint density at radius 2 is 1.86 bits per heavy atom. The third-order valence-electron chi connectivity index (χ3n) is 3.04. The van der Waals surface area contributed by atoms with Gasteiger partial charge in [0.2, 0.25) is 0 Å². The van der Waals surface area contributed by atoms with E-state index in [4.69, 9.17) is 9.84 Å². The lowest BCUT2D eigenvalue weighted by atomic mass is 10.1. The van der Waals surface area contributed by atoms with Gasteiger partial charge in [-0.2, -0.15) is 0 Å². The number of rotatable bonds is 7. The summed E-state index contributed by atoms with van der Waals surface area (Å²) in [6.45, 7) is 6.23. The van der Waals surface area contributed by atoms with Crippen molar-refractivity contribution in [3.63, 3.8) is 0 Å². The number of benzene rings is 1. The first-order chi connectivity index (χ1) is 10.3. The Labute approximate surface area is 130 Å². The van der Waals surface area contributed by atoms with Crippen LogP contribution in [0.4, 0.5) is 0 Å². The highest BCUT2D eigenvalue weighted by Gasteiger charge is 2.18. The largest absolute Gasteiger partial charge is 0.508 e. The summed E-state index contributed by atoms with van der Waals surface area (Å²) in [4.78, 5) is 11.1. The van der Waals surface area contributed by atoms with Crippen molar-refractivity contribution in [2.24, 2.45) is 0 Å². The molecular weight excluding hydrogens is 284 g/mol. The number of aromatic hydroxyl groups is 2. The SMILES string of the molecule is CC(C)=CCC/C(C)=C/COc1cc(O)cc(O)c1C(=O)O. The predicted octanol–water partition coefficient (Wildman–Crippen LogP) is 3.87. The molecule has 1 rings (SSSR count). The van der Waals surface area contributed by atoms with E-state index in [9.17, 15) is 15.0 Å². The highest BCUT2D eigenvalue weighted by molar-refractivity contribution is 5.94. The van der Waals surface area contributed by atoms with Crippen molar-refractivity contribution in [3.8, 4) is 17.2 Å². The van der Waals surface area contributed by atoms with Crippen molar-refractivity contribution in [1.82, 2.24) is 0 Å². The van der Waals surface area contributed by atoms with E-state index >= 15 is 0 Å². The highest BCUT2D eigenvalue weighted by Crippen LogP contribution is 2.32. The fourth-order valence-electron chi connectivity index (χ4n) is 1.88. The lowest BCUT2D eigenvalue weighted by Gasteiger charge is -2.10. The minimum atomic E-state index is -1.31. The molecule has 0 amide bonds. The van der Waals surface area contributed by atoms with Gasteiger partial charge in [0.15, 0.2) is 0 Å². The third kappa shape index (κ3) is 5.52. The van der Waals surface area contributed by atoms with Crippen LogP contribution in [0, 0.1) is 0 Å². The Balaban J connectivity index is 2.72. The summed E-state index contributed by atoms with van der Waals surface area (Å²) in [6.07, 6.45) is 5.84. The van der Waals surface area contributed by atoms with E-state index in [2.05, 4.69) is 6.08 Å². The smallest absolute Gasteiger partial charge is 0.343 e. The van der Waals surface area contributed by atoms with Gasteiger partial charge in [0, 0.05) is 12.1 Å². The van der Waals surface area contributed by atoms with Gasteiger partial charge in [0.25, 0.3) is 0 Å². The van der Waals surface area contributed by atoms with Crippen LogP contribution in [-0.2, 0) is 0 Å². The van der Waals surface area contributed by atoms with Gasteiger partial charge in [-0.25, -0.2) is 4.79 Å². The van der Waals surface area contributed by atoms with E-state index in [1.807, 2.05) is 26.8 Å². The number of aromatic carboxylic acids is 1. The molecule has 1 aromatic rings. The Kier molecular flexibility index (Phi) is 6.50. The summed E-state index contributed by atoms with van der Waals surface area (Å²) in [5.74, 6) is -2.14. The summed E-state index contributed by atoms with van der Waals surface area (Å²) in [7, 11) is 0. The zero-order valence-electron chi connectivity index (χ0n) is 13.1. The lowest BCUT2D eigenvalue weighted by Crippen LogP contribution is -2.04. The van der Waals surface area contributed by atoms with Crippen molar-refractivity contribution in [2.45, 2.75) is 33.6 Å². The molecular formula is C17H22O5. The number of hydrogen-bond donors (Lipinski definition) is 3. The number of allylic oxidation sites excluding steroid dienone is 3. The molecule has 120 valence electrons. The lowest BCUT2D eigenvalue weighted by molar-refractivity contribution is 0.0689. The van der Waals surface area contributed by atoms with Crippen LogP contribution in [0.2, 0.25) is 0 Å². The van der Waals surface area contributed by atoms with Crippen LogP contribution in [-0.4, -0.2) is 27.9 Å². The molecule has 0 aromatic heterocycles. The summed E-state index contributed by atoms with van der Waals surface area (Å²) in [5, 5.41) is 28.1. The molecule has 0 bridgehead atoms. The van der Waals surface area contributed by atoms with Gasteiger partial charge in [-0.15, -0.1) is 0 Å². The van der Waals surface area contributed by atoms with Crippen LogP contribution in [0.3, 0.4) is 0 Å². The first-order valence-corrected chi connectivity index (χ1v) is 7.02. The van der Waals surface area contributed by atoms with Crippen molar-refractivity contribution < 1.29 is 24.9 Å². The molecule has 0 atom stereocenters. The number of hydrogen-bond acceptors (Lipinski definition) is 4. The summed E-state index contributed by atoms with van der Waals surface area (Å²) < 4.78 is 5.37. The van der Waals surface area contributed by atoms with E-state index in [0.717, 1.165) is 24.5 Å². The summed E-state index contributed by atoms with van der Waals surface area (Å²) in [6, 6.07) is 2.15. The second kappa shape index (κ2) is 8.12. The molecule has 0 heterocycles. The first-order valence-electron chi connectivity index (χ1n) is 7.02. The monoisotopic (exact) mass is 306 g/mol. The first kappa shape index (κ1) is 17.6. The normalized spacial score (nSPS) is 11.1. The van der Waals surface area contributed by atoms with Gasteiger partial charge in [-0.3, -0.25) is 0 Å². The van der Waals surface area contributed by atoms with Crippen molar-refractivity contribution in [3.05, 3.63) is 41.0 Å². The molecule has 22 heavy (non-hydrogen) atoms. The Hall–Kier alpha value is -2.43. The molecule has 0 fully saturated rings. The molecule has 0 aliphatic carbocycles. The van der Waals surface area contributed by atoms with Crippen LogP contribution in [0.1, 0.15) is 44.0 Å². The van der Waals surface area contributed by atoms with E-state index < -0.39 is 11.7 Å². The molecule has 0 radical (unpaired) electrons. The number of carboxylic acids is 1. The molecule has 0 aliphatic rings. The molecule has 0 saturated carbocycles. The molecule has 0 saturated heterocycles. The van der Waals surface area contributed by atoms with Crippen LogP contribution in [0.25, 0.3) is 0 Å². The van der Waals surface area contributed by atoms with Gasteiger partial charge in [-0.05, 0) is 39.7 Å². The van der Waals surface area contributed by atoms with Crippen molar-refractivity contribution >= 4 is 5.97 Å². The van der Waals surface area contributed by atoms with Crippen molar-refractivity contribution in [1.29, 1.82) is 0 Å². The molecule has 0 unspecified atom stereocenters. The van der Waals surface area contributed by atoms with Crippen LogP contribution in [0.5, 0.6) is 17.2 Å². The zero-order chi connectivity index (χ0) is 16.7.